The molecule has 0 aliphatic rings. The van der Waals surface area contributed by atoms with Crippen molar-refractivity contribution in [1.82, 2.24) is 4.98 Å². The zero-order valence-corrected chi connectivity index (χ0v) is 12.1. The van der Waals surface area contributed by atoms with Crippen LogP contribution in [-0.2, 0) is 16.0 Å². The molecule has 1 aromatic heterocycles. The van der Waals surface area contributed by atoms with Crippen LogP contribution in [0.4, 0.5) is 0 Å². The molecule has 106 valence electrons. The summed E-state index contributed by atoms with van der Waals surface area (Å²) in [6.07, 6.45) is 2.77. The molecule has 0 aliphatic heterocycles. The third kappa shape index (κ3) is 4.06. The number of carbonyl (C=O) groups is 1. The van der Waals surface area contributed by atoms with Crippen LogP contribution in [0.25, 0.3) is 0 Å². The molecule has 5 heteroatoms. The Balaban J connectivity index is 2.10. The predicted molar refractivity (Wildman–Crippen MR) is 77.9 cm³/mol. The maximum Gasteiger partial charge on any atom is 0.306 e. The molecule has 1 N–H and O–H groups in total. The summed E-state index contributed by atoms with van der Waals surface area (Å²) in [5.74, 6) is 0.0509. The van der Waals surface area contributed by atoms with E-state index in [4.69, 9.17) is 4.74 Å². The average molecular weight is 291 g/mol. The van der Waals surface area contributed by atoms with Crippen LogP contribution < -0.4 is 0 Å². The van der Waals surface area contributed by atoms with Gasteiger partial charge < -0.3 is 9.84 Å². The Bertz CT molecular complexity index is 537. The van der Waals surface area contributed by atoms with E-state index in [1.54, 1.807) is 36.6 Å². The highest BCUT2D eigenvalue weighted by Gasteiger charge is 2.19. The van der Waals surface area contributed by atoms with Gasteiger partial charge in [-0.2, -0.15) is 0 Å². The SMILES string of the molecule is CCOC(=O)C[C@@H](Cc1ccc(O)cc1)c1nccs1. The Morgan fingerprint density at radius 3 is 2.75 bits per heavy atom. The Kier molecular flexibility index (Phi) is 5.12. The van der Waals surface area contributed by atoms with E-state index in [1.807, 2.05) is 17.5 Å². The number of ether oxygens (including phenoxy) is 1. The summed E-state index contributed by atoms with van der Waals surface area (Å²) in [6, 6.07) is 7.03. The second kappa shape index (κ2) is 7.05. The van der Waals surface area contributed by atoms with Gasteiger partial charge in [-0.15, -0.1) is 11.3 Å². The highest BCUT2D eigenvalue weighted by Crippen LogP contribution is 2.27. The zero-order chi connectivity index (χ0) is 14.4. The van der Waals surface area contributed by atoms with Gasteiger partial charge >= 0.3 is 5.97 Å². The number of thiazole rings is 1. The smallest absolute Gasteiger partial charge is 0.306 e. The van der Waals surface area contributed by atoms with Gasteiger partial charge in [0.1, 0.15) is 5.75 Å². The summed E-state index contributed by atoms with van der Waals surface area (Å²) in [6.45, 7) is 2.19. The molecule has 4 nitrogen and oxygen atoms in total. The minimum atomic E-state index is -0.202. The fraction of sp³-hybridized carbons (Fsp3) is 0.333. The van der Waals surface area contributed by atoms with Gasteiger partial charge in [-0.1, -0.05) is 12.1 Å². The van der Waals surface area contributed by atoms with Crippen molar-refractivity contribution in [3.63, 3.8) is 0 Å². The first-order chi connectivity index (χ1) is 9.69. The van der Waals surface area contributed by atoms with Gasteiger partial charge in [-0.05, 0) is 31.0 Å². The number of hydrogen-bond donors (Lipinski definition) is 1. The molecule has 0 bridgehead atoms. The van der Waals surface area contributed by atoms with E-state index in [0.717, 1.165) is 10.6 Å². The topological polar surface area (TPSA) is 59.4 Å². The lowest BCUT2D eigenvalue weighted by Crippen LogP contribution is -2.12. The number of rotatable bonds is 6. The molecule has 20 heavy (non-hydrogen) atoms. The number of benzene rings is 1. The lowest BCUT2D eigenvalue weighted by atomic mass is 9.96. The number of aromatic nitrogens is 1. The van der Waals surface area contributed by atoms with Crippen molar-refractivity contribution < 1.29 is 14.6 Å². The van der Waals surface area contributed by atoms with Crippen LogP contribution in [-0.4, -0.2) is 22.7 Å². The molecule has 0 unspecified atom stereocenters. The summed E-state index contributed by atoms with van der Waals surface area (Å²) in [4.78, 5) is 16.0. The van der Waals surface area contributed by atoms with Gasteiger partial charge in [-0.3, -0.25) is 4.79 Å². The molecule has 0 spiro atoms. The van der Waals surface area contributed by atoms with Crippen LogP contribution >= 0.6 is 11.3 Å². The van der Waals surface area contributed by atoms with Gasteiger partial charge in [0.05, 0.1) is 18.0 Å². The van der Waals surface area contributed by atoms with E-state index in [2.05, 4.69) is 4.98 Å². The fourth-order valence-corrected chi connectivity index (χ4v) is 2.76. The van der Waals surface area contributed by atoms with Gasteiger partial charge in [0.15, 0.2) is 0 Å². The minimum absolute atomic E-state index is 0.0126. The monoisotopic (exact) mass is 291 g/mol. The molecule has 0 amide bonds. The molecule has 1 atom stereocenters. The van der Waals surface area contributed by atoms with Crippen LogP contribution in [0.5, 0.6) is 5.75 Å². The molecule has 0 radical (unpaired) electrons. The van der Waals surface area contributed by atoms with Crippen molar-refractivity contribution in [2.75, 3.05) is 6.61 Å². The molecule has 0 fully saturated rings. The fourth-order valence-electron chi connectivity index (χ4n) is 2.02. The lowest BCUT2D eigenvalue weighted by Gasteiger charge is -2.13. The van der Waals surface area contributed by atoms with Crippen molar-refractivity contribution in [1.29, 1.82) is 0 Å². The molecule has 2 rings (SSSR count). The number of aromatic hydroxyl groups is 1. The highest BCUT2D eigenvalue weighted by atomic mass is 32.1. The predicted octanol–water partition coefficient (Wildman–Crippen LogP) is 3.13. The molecule has 0 saturated heterocycles. The van der Waals surface area contributed by atoms with Crippen LogP contribution in [0, 0.1) is 0 Å². The van der Waals surface area contributed by atoms with E-state index in [9.17, 15) is 9.90 Å². The number of hydrogen-bond acceptors (Lipinski definition) is 5. The van der Waals surface area contributed by atoms with Crippen molar-refractivity contribution in [3.8, 4) is 5.75 Å². The van der Waals surface area contributed by atoms with E-state index in [1.165, 1.54) is 0 Å². The van der Waals surface area contributed by atoms with E-state index >= 15 is 0 Å². The molecule has 1 aromatic carbocycles. The van der Waals surface area contributed by atoms with Crippen LogP contribution in [0.2, 0.25) is 0 Å². The third-order valence-electron chi connectivity index (χ3n) is 2.94. The molecular weight excluding hydrogens is 274 g/mol. The molecule has 0 saturated carbocycles. The second-order valence-corrected chi connectivity index (χ2v) is 5.37. The average Bonchev–Trinajstić information content (AvgIpc) is 2.95. The number of carbonyl (C=O) groups excluding carboxylic acids is 1. The summed E-state index contributed by atoms with van der Waals surface area (Å²) < 4.78 is 5.03. The maximum absolute atomic E-state index is 11.7. The number of esters is 1. The Labute approximate surface area is 122 Å². The molecular formula is C15H17NO3S. The van der Waals surface area contributed by atoms with Crippen LogP contribution in [0.15, 0.2) is 35.8 Å². The zero-order valence-electron chi connectivity index (χ0n) is 11.3. The molecule has 0 aliphatic carbocycles. The van der Waals surface area contributed by atoms with Crippen LogP contribution in [0.1, 0.15) is 29.8 Å². The Morgan fingerprint density at radius 1 is 1.40 bits per heavy atom. The van der Waals surface area contributed by atoms with E-state index in [-0.39, 0.29) is 17.6 Å². The Morgan fingerprint density at radius 2 is 2.15 bits per heavy atom. The van der Waals surface area contributed by atoms with Gasteiger partial charge in [-0.25, -0.2) is 4.98 Å². The second-order valence-electron chi connectivity index (χ2n) is 4.45. The maximum atomic E-state index is 11.7. The van der Waals surface area contributed by atoms with E-state index < -0.39 is 0 Å². The molecule has 2 aromatic rings. The van der Waals surface area contributed by atoms with Crippen molar-refractivity contribution >= 4 is 17.3 Å². The first kappa shape index (κ1) is 14.5. The number of phenols is 1. The standard InChI is InChI=1S/C15H17NO3S/c1-2-19-14(18)10-12(15-16-7-8-20-15)9-11-3-5-13(17)6-4-11/h3-8,12,17H,2,9-10H2,1H3/t12-/m1/s1. The minimum Gasteiger partial charge on any atom is -0.508 e. The highest BCUT2D eigenvalue weighted by molar-refractivity contribution is 7.09. The van der Waals surface area contributed by atoms with E-state index in [0.29, 0.717) is 19.4 Å². The summed E-state index contributed by atoms with van der Waals surface area (Å²) in [5, 5.41) is 12.1. The van der Waals surface area contributed by atoms with Crippen LogP contribution in [0.3, 0.4) is 0 Å². The quantitative estimate of drug-likeness (QED) is 0.831. The normalized spacial score (nSPS) is 12.1. The molecule has 1 heterocycles. The van der Waals surface area contributed by atoms with Crippen molar-refractivity contribution in [2.24, 2.45) is 0 Å². The lowest BCUT2D eigenvalue weighted by molar-refractivity contribution is -0.143. The Hall–Kier alpha value is -1.88. The van der Waals surface area contributed by atoms with Crippen molar-refractivity contribution in [3.05, 3.63) is 46.4 Å². The largest absolute Gasteiger partial charge is 0.508 e. The number of nitrogens with zero attached hydrogens (tertiary/aromatic N) is 1. The summed E-state index contributed by atoms with van der Waals surface area (Å²) in [7, 11) is 0. The first-order valence-electron chi connectivity index (χ1n) is 6.52. The number of phenolic OH excluding ortho intramolecular Hbond substituents is 1. The summed E-state index contributed by atoms with van der Waals surface area (Å²) in [5.41, 5.74) is 1.06. The van der Waals surface area contributed by atoms with Crippen molar-refractivity contribution in [2.45, 2.75) is 25.7 Å². The summed E-state index contributed by atoms with van der Waals surface area (Å²) >= 11 is 1.55. The first-order valence-corrected chi connectivity index (χ1v) is 7.40. The van der Waals surface area contributed by atoms with Gasteiger partial charge in [0.2, 0.25) is 0 Å². The van der Waals surface area contributed by atoms with Gasteiger partial charge in [0, 0.05) is 17.5 Å². The third-order valence-corrected chi connectivity index (χ3v) is 3.88. The van der Waals surface area contributed by atoms with Gasteiger partial charge in [0.25, 0.3) is 0 Å².